The van der Waals surface area contributed by atoms with Crippen molar-refractivity contribution >= 4 is 21.7 Å². The number of nitrogens with one attached hydrogen (secondary N) is 1. The maximum Gasteiger partial charge on any atom is 0.198 e. The Balaban J connectivity index is 2.39. The molecule has 2 heterocycles. The average Bonchev–Trinajstić information content (AvgIpc) is 2.72. The molecule has 0 radical (unpaired) electrons. The molecule has 13 heavy (non-hydrogen) atoms. The summed E-state index contributed by atoms with van der Waals surface area (Å²) in [5, 5.41) is 0. The highest BCUT2D eigenvalue weighted by molar-refractivity contribution is 9.10. The summed E-state index contributed by atoms with van der Waals surface area (Å²) >= 11 is 3.15. The van der Waals surface area contributed by atoms with Crippen molar-refractivity contribution < 1.29 is 9.21 Å². The molecule has 0 unspecified atom stereocenters. The third kappa shape index (κ3) is 1.45. The van der Waals surface area contributed by atoms with E-state index in [0.29, 0.717) is 15.8 Å². The molecule has 0 aromatic carbocycles. The normalized spacial score (nSPS) is 10.2. The van der Waals surface area contributed by atoms with E-state index in [0.717, 1.165) is 0 Å². The van der Waals surface area contributed by atoms with Crippen molar-refractivity contribution in [2.75, 3.05) is 0 Å². The second-order valence-electron chi connectivity index (χ2n) is 2.54. The molecule has 0 amide bonds. The topological polar surface area (TPSA) is 46.0 Å². The number of aromatic nitrogens is 1. The number of rotatable bonds is 2. The predicted octanol–water partition coefficient (Wildman–Crippen LogP) is 2.60. The first kappa shape index (κ1) is 8.31. The van der Waals surface area contributed by atoms with Crippen LogP contribution in [-0.2, 0) is 0 Å². The van der Waals surface area contributed by atoms with Gasteiger partial charge in [-0.2, -0.15) is 0 Å². The number of carbonyl (C=O) groups is 1. The van der Waals surface area contributed by atoms with Gasteiger partial charge in [-0.05, 0) is 28.1 Å². The highest BCUT2D eigenvalue weighted by Gasteiger charge is 2.14. The van der Waals surface area contributed by atoms with E-state index < -0.39 is 0 Å². The van der Waals surface area contributed by atoms with Gasteiger partial charge in [0.15, 0.2) is 10.5 Å². The number of halogens is 1. The van der Waals surface area contributed by atoms with Crippen molar-refractivity contribution in [3.05, 3.63) is 46.6 Å². The van der Waals surface area contributed by atoms with Gasteiger partial charge in [0.05, 0.1) is 11.8 Å². The van der Waals surface area contributed by atoms with E-state index >= 15 is 0 Å². The molecule has 1 N–H and O–H groups in total. The van der Waals surface area contributed by atoms with Crippen LogP contribution in [0.2, 0.25) is 0 Å². The third-order valence-electron chi connectivity index (χ3n) is 1.72. The molecule has 2 aromatic rings. The van der Waals surface area contributed by atoms with Crippen LogP contribution in [-0.4, -0.2) is 10.8 Å². The molecule has 0 aliphatic carbocycles. The molecule has 0 saturated heterocycles. The van der Waals surface area contributed by atoms with Crippen LogP contribution in [0.5, 0.6) is 0 Å². The Morgan fingerprint density at radius 3 is 2.85 bits per heavy atom. The van der Waals surface area contributed by atoms with Crippen molar-refractivity contribution in [1.29, 1.82) is 0 Å². The third-order valence-corrected chi connectivity index (χ3v) is 2.34. The second kappa shape index (κ2) is 3.22. The molecule has 3 nitrogen and oxygen atoms in total. The molecule has 0 saturated carbocycles. The minimum Gasteiger partial charge on any atom is -0.457 e. The molecule has 0 aliphatic heterocycles. The minimum atomic E-state index is -0.0538. The number of H-pyrrole nitrogens is 1. The van der Waals surface area contributed by atoms with Crippen molar-refractivity contribution in [2.24, 2.45) is 0 Å². The van der Waals surface area contributed by atoms with Crippen LogP contribution < -0.4 is 0 Å². The van der Waals surface area contributed by atoms with E-state index in [1.807, 2.05) is 0 Å². The fourth-order valence-electron chi connectivity index (χ4n) is 1.08. The maximum atomic E-state index is 11.7. The Bertz CT molecular complexity index is 417. The van der Waals surface area contributed by atoms with Gasteiger partial charge in [-0.25, -0.2) is 0 Å². The van der Waals surface area contributed by atoms with Gasteiger partial charge in [0, 0.05) is 18.0 Å². The number of carbonyl (C=O) groups excluding carboxylic acids is 1. The highest BCUT2D eigenvalue weighted by atomic mass is 79.9. The zero-order chi connectivity index (χ0) is 9.26. The van der Waals surface area contributed by atoms with Gasteiger partial charge < -0.3 is 9.40 Å². The summed E-state index contributed by atoms with van der Waals surface area (Å²) in [4.78, 5) is 14.5. The van der Waals surface area contributed by atoms with Crippen LogP contribution in [0.1, 0.15) is 15.9 Å². The van der Waals surface area contributed by atoms with Gasteiger partial charge in [-0.15, -0.1) is 0 Å². The summed E-state index contributed by atoms with van der Waals surface area (Å²) in [6.45, 7) is 0. The van der Waals surface area contributed by atoms with E-state index in [1.54, 1.807) is 24.5 Å². The molecule has 0 fully saturated rings. The number of furan rings is 1. The van der Waals surface area contributed by atoms with Gasteiger partial charge in [-0.3, -0.25) is 4.79 Å². The average molecular weight is 240 g/mol. The lowest BCUT2D eigenvalue weighted by molar-refractivity contribution is 0.103. The van der Waals surface area contributed by atoms with E-state index in [4.69, 9.17) is 4.42 Å². The lowest BCUT2D eigenvalue weighted by Gasteiger charge is -1.92. The van der Waals surface area contributed by atoms with Crippen molar-refractivity contribution in [1.82, 2.24) is 4.98 Å². The largest absolute Gasteiger partial charge is 0.457 e. The Kier molecular flexibility index (Phi) is 2.06. The molecular weight excluding hydrogens is 234 g/mol. The molecule has 0 spiro atoms. The number of ketones is 1. The predicted molar refractivity (Wildman–Crippen MR) is 50.6 cm³/mol. The standard InChI is InChI=1S/C9H6BrNO2/c10-9-7(2-4-13-9)8(12)6-1-3-11-5-6/h1-5,11H. The summed E-state index contributed by atoms with van der Waals surface area (Å²) in [7, 11) is 0. The fraction of sp³-hybridized carbons (Fsp3) is 0. The Hall–Kier alpha value is -1.29. The SMILES string of the molecule is O=C(c1cc[nH]c1)c1ccoc1Br. The van der Waals surface area contributed by atoms with E-state index in [1.165, 1.54) is 6.26 Å². The summed E-state index contributed by atoms with van der Waals surface area (Å²) in [5.74, 6) is -0.0538. The lowest BCUT2D eigenvalue weighted by Crippen LogP contribution is -1.97. The number of aromatic amines is 1. The monoisotopic (exact) mass is 239 g/mol. The zero-order valence-electron chi connectivity index (χ0n) is 6.58. The molecule has 0 atom stereocenters. The molecule has 66 valence electrons. The second-order valence-corrected chi connectivity index (χ2v) is 3.26. The van der Waals surface area contributed by atoms with E-state index in [2.05, 4.69) is 20.9 Å². The first-order valence-corrected chi connectivity index (χ1v) is 4.49. The van der Waals surface area contributed by atoms with Crippen LogP contribution in [0, 0.1) is 0 Å². The Morgan fingerprint density at radius 1 is 1.46 bits per heavy atom. The van der Waals surface area contributed by atoms with Crippen LogP contribution >= 0.6 is 15.9 Å². The molecule has 2 rings (SSSR count). The van der Waals surface area contributed by atoms with Crippen molar-refractivity contribution in [3.8, 4) is 0 Å². The van der Waals surface area contributed by atoms with Crippen molar-refractivity contribution in [2.45, 2.75) is 0 Å². The fourth-order valence-corrected chi connectivity index (χ4v) is 1.50. The molecule has 0 bridgehead atoms. The van der Waals surface area contributed by atoms with Gasteiger partial charge in [0.1, 0.15) is 0 Å². The molecule has 0 aliphatic rings. The van der Waals surface area contributed by atoms with Crippen LogP contribution in [0.3, 0.4) is 0 Å². The molecule has 2 aromatic heterocycles. The van der Waals surface area contributed by atoms with E-state index in [-0.39, 0.29) is 5.78 Å². The van der Waals surface area contributed by atoms with Gasteiger partial charge in [-0.1, -0.05) is 0 Å². The van der Waals surface area contributed by atoms with Crippen LogP contribution in [0.4, 0.5) is 0 Å². The lowest BCUT2D eigenvalue weighted by atomic mass is 10.1. The maximum absolute atomic E-state index is 11.7. The Labute approximate surface area is 82.9 Å². The molecule has 4 heteroatoms. The van der Waals surface area contributed by atoms with Gasteiger partial charge in [0.25, 0.3) is 0 Å². The van der Waals surface area contributed by atoms with E-state index in [9.17, 15) is 4.79 Å². The summed E-state index contributed by atoms with van der Waals surface area (Å²) in [6, 6.07) is 3.36. The van der Waals surface area contributed by atoms with Crippen LogP contribution in [0.15, 0.2) is 39.9 Å². The summed E-state index contributed by atoms with van der Waals surface area (Å²) in [6.07, 6.45) is 4.84. The Morgan fingerprint density at radius 2 is 2.31 bits per heavy atom. The highest BCUT2D eigenvalue weighted by Crippen LogP contribution is 2.20. The number of hydrogen-bond donors (Lipinski definition) is 1. The smallest absolute Gasteiger partial charge is 0.198 e. The summed E-state index contributed by atoms with van der Waals surface area (Å²) in [5.41, 5.74) is 1.17. The summed E-state index contributed by atoms with van der Waals surface area (Å²) < 4.78 is 5.44. The first-order chi connectivity index (χ1) is 6.29. The zero-order valence-corrected chi connectivity index (χ0v) is 8.17. The molecular formula is C9H6BrNO2. The van der Waals surface area contributed by atoms with Gasteiger partial charge in [0.2, 0.25) is 0 Å². The number of hydrogen-bond acceptors (Lipinski definition) is 2. The van der Waals surface area contributed by atoms with Crippen molar-refractivity contribution in [3.63, 3.8) is 0 Å². The van der Waals surface area contributed by atoms with Crippen LogP contribution in [0.25, 0.3) is 0 Å². The minimum absolute atomic E-state index is 0.0538. The van der Waals surface area contributed by atoms with Gasteiger partial charge >= 0.3 is 0 Å². The first-order valence-electron chi connectivity index (χ1n) is 3.69. The quantitative estimate of drug-likeness (QED) is 0.820.